The first kappa shape index (κ1) is 75.2. The molecule has 0 aromatic heterocycles. The molecule has 0 bridgehead atoms. The van der Waals surface area contributed by atoms with Gasteiger partial charge in [0.1, 0.15) is 13.2 Å². The number of hydrogen-bond acceptors (Lipinski definition) is 6. The highest BCUT2D eigenvalue weighted by atomic mass is 16.6. The third kappa shape index (κ3) is 64.9. The lowest BCUT2D eigenvalue weighted by Gasteiger charge is -2.18. The van der Waals surface area contributed by atoms with Gasteiger partial charge < -0.3 is 14.2 Å². The molecule has 0 radical (unpaired) electrons. The maximum absolute atomic E-state index is 12.9. The van der Waals surface area contributed by atoms with Gasteiger partial charge in [-0.1, -0.05) is 260 Å². The van der Waals surface area contributed by atoms with Crippen LogP contribution in [0.15, 0.2) is 194 Å². The average Bonchev–Trinajstić information content (AvgIpc) is 3.46. The van der Waals surface area contributed by atoms with E-state index in [1.54, 1.807) is 0 Å². The molecule has 1 atom stereocenters. The van der Waals surface area contributed by atoms with Gasteiger partial charge in [-0.15, -0.1) is 0 Å². The van der Waals surface area contributed by atoms with Crippen molar-refractivity contribution in [2.45, 2.75) is 245 Å². The fourth-order valence-corrected chi connectivity index (χ4v) is 7.86. The zero-order chi connectivity index (χ0) is 58.5. The van der Waals surface area contributed by atoms with Gasteiger partial charge in [0.15, 0.2) is 6.10 Å². The summed E-state index contributed by atoms with van der Waals surface area (Å²) in [5, 5.41) is 0. The highest BCUT2D eigenvalue weighted by Gasteiger charge is 2.19. The maximum atomic E-state index is 12.9. The van der Waals surface area contributed by atoms with Crippen LogP contribution in [-0.4, -0.2) is 37.2 Å². The molecule has 0 fully saturated rings. The summed E-state index contributed by atoms with van der Waals surface area (Å²) in [6, 6.07) is 0. The van der Waals surface area contributed by atoms with Crippen molar-refractivity contribution in [1.29, 1.82) is 0 Å². The predicted octanol–water partition coefficient (Wildman–Crippen LogP) is 22.2. The van der Waals surface area contributed by atoms with E-state index in [0.717, 1.165) is 186 Å². The molecule has 0 spiro atoms. The lowest BCUT2D eigenvalue weighted by Crippen LogP contribution is -2.30. The molecule has 0 aliphatic carbocycles. The van der Waals surface area contributed by atoms with E-state index in [2.05, 4.69) is 215 Å². The van der Waals surface area contributed by atoms with Crippen LogP contribution in [0, 0.1) is 0 Å². The van der Waals surface area contributed by atoms with Crippen molar-refractivity contribution in [2.24, 2.45) is 0 Å². The minimum absolute atomic E-state index is 0.122. The topological polar surface area (TPSA) is 78.9 Å². The van der Waals surface area contributed by atoms with Crippen LogP contribution in [-0.2, 0) is 28.6 Å². The van der Waals surface area contributed by atoms with Gasteiger partial charge in [-0.25, -0.2) is 0 Å². The SMILES string of the molecule is CC/C=C\C/C=C\C/C=C\C/C=C\C/C=C\C/C=C\C/C=C\C/C=C\C/C=C\CCCC(=O)OCC(COC(=O)CCCCCCC/C=C\C/C=C\CCC)OC(=O)CCCCCCC/C=C\C/C=C\C/C=C\C/C=C\C/C=C\CC. The summed E-state index contributed by atoms with van der Waals surface area (Å²) in [6.45, 7) is 6.25. The Balaban J connectivity index is 4.52. The molecule has 1 unspecified atom stereocenters. The number of hydrogen-bond donors (Lipinski definition) is 0. The average molecular weight is 1110 g/mol. The largest absolute Gasteiger partial charge is 0.462 e. The lowest BCUT2D eigenvalue weighted by atomic mass is 10.1. The van der Waals surface area contributed by atoms with Gasteiger partial charge in [-0.2, -0.15) is 0 Å². The fraction of sp³-hybridized carbons (Fsp3) is 0.533. The molecule has 0 saturated carbocycles. The van der Waals surface area contributed by atoms with E-state index in [1.807, 2.05) is 0 Å². The molecule has 6 heteroatoms. The summed E-state index contributed by atoms with van der Waals surface area (Å²) >= 11 is 0. The molecule has 81 heavy (non-hydrogen) atoms. The van der Waals surface area contributed by atoms with E-state index in [4.69, 9.17) is 14.2 Å². The van der Waals surface area contributed by atoms with Crippen LogP contribution in [0.2, 0.25) is 0 Å². The third-order valence-corrected chi connectivity index (χ3v) is 12.5. The summed E-state index contributed by atoms with van der Waals surface area (Å²) < 4.78 is 16.8. The number of rotatable bonds is 55. The number of unbranched alkanes of at least 4 members (excludes halogenated alkanes) is 12. The summed E-state index contributed by atoms with van der Waals surface area (Å²) in [6.07, 6.45) is 102. The van der Waals surface area contributed by atoms with E-state index in [9.17, 15) is 14.4 Å². The molecule has 0 aromatic carbocycles. The van der Waals surface area contributed by atoms with Crippen LogP contribution in [0.1, 0.15) is 239 Å². The fourth-order valence-electron chi connectivity index (χ4n) is 7.86. The van der Waals surface area contributed by atoms with Gasteiger partial charge in [-0.05, 0) is 154 Å². The Morgan fingerprint density at radius 1 is 0.259 bits per heavy atom. The molecule has 6 nitrogen and oxygen atoms in total. The lowest BCUT2D eigenvalue weighted by molar-refractivity contribution is -0.167. The van der Waals surface area contributed by atoms with Crippen LogP contribution >= 0.6 is 0 Å². The molecule has 0 aromatic rings. The van der Waals surface area contributed by atoms with E-state index in [0.29, 0.717) is 12.8 Å². The third-order valence-electron chi connectivity index (χ3n) is 12.5. The van der Waals surface area contributed by atoms with Crippen LogP contribution < -0.4 is 0 Å². The van der Waals surface area contributed by atoms with Crippen molar-refractivity contribution in [3.05, 3.63) is 194 Å². The Morgan fingerprint density at radius 2 is 0.494 bits per heavy atom. The normalized spacial score (nSPS) is 13.5. The first-order valence-corrected chi connectivity index (χ1v) is 31.9. The van der Waals surface area contributed by atoms with Crippen molar-refractivity contribution in [3.8, 4) is 0 Å². The molecular formula is C75H114O6. The van der Waals surface area contributed by atoms with Crippen molar-refractivity contribution in [3.63, 3.8) is 0 Å². The Kier molecular flexibility index (Phi) is 62.0. The predicted molar refractivity (Wildman–Crippen MR) is 352 cm³/mol. The van der Waals surface area contributed by atoms with Gasteiger partial charge >= 0.3 is 17.9 Å². The van der Waals surface area contributed by atoms with E-state index < -0.39 is 6.10 Å². The molecule has 0 heterocycles. The number of allylic oxidation sites excluding steroid dienone is 32. The minimum Gasteiger partial charge on any atom is -0.462 e. The monoisotopic (exact) mass is 1110 g/mol. The van der Waals surface area contributed by atoms with Crippen molar-refractivity contribution in [1.82, 2.24) is 0 Å². The quantitative estimate of drug-likeness (QED) is 0.0261. The van der Waals surface area contributed by atoms with Gasteiger partial charge in [0.2, 0.25) is 0 Å². The second kappa shape index (κ2) is 66.8. The molecule has 0 saturated heterocycles. The Labute approximate surface area is 497 Å². The van der Waals surface area contributed by atoms with Crippen molar-refractivity contribution in [2.75, 3.05) is 13.2 Å². The molecule has 0 aliphatic heterocycles. The van der Waals surface area contributed by atoms with Gasteiger partial charge in [0.05, 0.1) is 0 Å². The number of esters is 3. The maximum Gasteiger partial charge on any atom is 0.306 e. The Bertz CT molecular complexity index is 1950. The van der Waals surface area contributed by atoms with Crippen molar-refractivity contribution < 1.29 is 28.6 Å². The van der Waals surface area contributed by atoms with Gasteiger partial charge in [-0.3, -0.25) is 14.4 Å². The smallest absolute Gasteiger partial charge is 0.306 e. The van der Waals surface area contributed by atoms with Crippen LogP contribution in [0.3, 0.4) is 0 Å². The summed E-state index contributed by atoms with van der Waals surface area (Å²) in [7, 11) is 0. The second-order valence-electron chi connectivity index (χ2n) is 20.2. The Hall–Kier alpha value is -5.75. The van der Waals surface area contributed by atoms with Crippen LogP contribution in [0.5, 0.6) is 0 Å². The number of carbonyl (C=O) groups is 3. The molecule has 0 N–H and O–H groups in total. The van der Waals surface area contributed by atoms with Gasteiger partial charge in [0, 0.05) is 19.3 Å². The zero-order valence-corrected chi connectivity index (χ0v) is 51.5. The first-order chi connectivity index (χ1) is 40.0. The van der Waals surface area contributed by atoms with E-state index in [-0.39, 0.29) is 44.0 Å². The molecular weight excluding hydrogens is 997 g/mol. The number of carbonyl (C=O) groups excluding carboxylic acids is 3. The highest BCUT2D eigenvalue weighted by Crippen LogP contribution is 2.13. The molecule has 0 amide bonds. The standard InChI is InChI=1S/C75H114O6/c1-4-7-10-13-16-19-22-25-27-29-31-33-34-35-36-37-38-39-40-42-43-45-47-50-53-56-59-62-65-68-74(77)80-71-72(70-79-73(76)67-64-61-58-55-52-49-24-21-18-15-12-9-6-3)81-75(78)69-66-63-60-57-54-51-48-46-44-41-32-30-28-26-23-20-17-14-11-8-5-2/h7-8,10-12,15-17,19-21,24-28,31-33,35-36,38-39,41-43,46-48,50,56,59,72H,4-6,9,13-14,18,22-23,29-30,34,37,40,44-45,49,51-55,57-58,60-71H2,1-3H3/b10-7-,11-8-,15-12-,19-16-,20-17-,24-21-,27-25-,28-26-,33-31-,36-35-,39-38-,41-32-,43-42-,48-46-,50-47-,59-56-. The Morgan fingerprint density at radius 3 is 0.802 bits per heavy atom. The second-order valence-corrected chi connectivity index (χ2v) is 20.2. The van der Waals surface area contributed by atoms with Crippen LogP contribution in [0.4, 0.5) is 0 Å². The summed E-state index contributed by atoms with van der Waals surface area (Å²) in [5.41, 5.74) is 0. The minimum atomic E-state index is -0.831. The van der Waals surface area contributed by atoms with Crippen molar-refractivity contribution >= 4 is 17.9 Å². The molecule has 0 aliphatic rings. The molecule has 0 rings (SSSR count). The van der Waals surface area contributed by atoms with E-state index in [1.165, 1.54) is 6.42 Å². The summed E-state index contributed by atoms with van der Waals surface area (Å²) in [4.78, 5) is 38.3. The number of ether oxygens (including phenoxy) is 3. The highest BCUT2D eigenvalue weighted by molar-refractivity contribution is 5.71. The molecule has 450 valence electrons. The van der Waals surface area contributed by atoms with Gasteiger partial charge in [0.25, 0.3) is 0 Å². The van der Waals surface area contributed by atoms with E-state index >= 15 is 0 Å². The zero-order valence-electron chi connectivity index (χ0n) is 51.5. The first-order valence-electron chi connectivity index (χ1n) is 31.9. The van der Waals surface area contributed by atoms with Crippen LogP contribution in [0.25, 0.3) is 0 Å². The summed E-state index contributed by atoms with van der Waals surface area (Å²) in [5.74, 6) is -1.03.